The minimum absolute atomic E-state index is 0.0499. The lowest BCUT2D eigenvalue weighted by Gasteiger charge is -2.26. The predicted octanol–water partition coefficient (Wildman–Crippen LogP) is 4.52. The van der Waals surface area contributed by atoms with Gasteiger partial charge in [-0.2, -0.15) is 0 Å². The van der Waals surface area contributed by atoms with Crippen molar-refractivity contribution in [1.82, 2.24) is 4.90 Å². The highest BCUT2D eigenvalue weighted by Gasteiger charge is 2.46. The van der Waals surface area contributed by atoms with Gasteiger partial charge in [-0.3, -0.25) is 9.59 Å². The highest BCUT2D eigenvalue weighted by molar-refractivity contribution is 6.46. The first-order chi connectivity index (χ1) is 17.6. The molecule has 0 spiro atoms. The Kier molecular flexibility index (Phi) is 6.62. The van der Waals surface area contributed by atoms with Crippen LogP contribution in [0.5, 0.6) is 17.2 Å². The van der Waals surface area contributed by atoms with Crippen LogP contribution in [0, 0.1) is 0 Å². The zero-order valence-electron chi connectivity index (χ0n) is 20.0. The van der Waals surface area contributed by atoms with E-state index in [-0.39, 0.29) is 11.3 Å². The van der Waals surface area contributed by atoms with Gasteiger partial charge in [0.25, 0.3) is 11.7 Å². The van der Waals surface area contributed by atoms with Crippen molar-refractivity contribution in [2.24, 2.45) is 0 Å². The second kappa shape index (κ2) is 10.2. The average molecular weight is 486 g/mol. The van der Waals surface area contributed by atoms with Crippen molar-refractivity contribution in [2.75, 3.05) is 26.4 Å². The van der Waals surface area contributed by atoms with E-state index < -0.39 is 17.7 Å². The number of aliphatic hydroxyl groups is 1. The third-order valence-electron chi connectivity index (χ3n) is 6.35. The summed E-state index contributed by atoms with van der Waals surface area (Å²) in [6.07, 6.45) is 0.575. The van der Waals surface area contributed by atoms with Crippen LogP contribution in [0.1, 0.15) is 29.7 Å². The second-order valence-electron chi connectivity index (χ2n) is 8.59. The van der Waals surface area contributed by atoms with Gasteiger partial charge < -0.3 is 24.2 Å². The minimum Gasteiger partial charge on any atom is -0.507 e. The molecule has 3 aromatic rings. The van der Waals surface area contributed by atoms with Gasteiger partial charge in [0.05, 0.1) is 18.2 Å². The van der Waals surface area contributed by atoms with Crippen molar-refractivity contribution in [3.05, 3.63) is 95.1 Å². The third kappa shape index (κ3) is 4.52. The quantitative estimate of drug-likeness (QED) is 0.301. The van der Waals surface area contributed by atoms with Crippen LogP contribution in [0.25, 0.3) is 5.76 Å². The van der Waals surface area contributed by atoms with Gasteiger partial charge in [-0.1, -0.05) is 42.5 Å². The van der Waals surface area contributed by atoms with Crippen molar-refractivity contribution < 1.29 is 28.9 Å². The number of ketones is 1. The molecule has 2 aliphatic heterocycles. The number of hydrogen-bond donors (Lipinski definition) is 1. The van der Waals surface area contributed by atoms with Crippen LogP contribution in [-0.4, -0.2) is 48.1 Å². The first kappa shape index (κ1) is 23.5. The number of likely N-dealkylation sites (tertiary alicyclic amines) is 1. The monoisotopic (exact) mass is 485 g/mol. The predicted molar refractivity (Wildman–Crippen MR) is 134 cm³/mol. The Hall–Kier alpha value is -4.26. The number of carbonyl (C=O) groups is 2. The first-order valence-corrected chi connectivity index (χ1v) is 12.0. The number of rotatable bonds is 7. The van der Waals surface area contributed by atoms with E-state index in [1.165, 1.54) is 4.90 Å². The van der Waals surface area contributed by atoms with E-state index in [9.17, 15) is 14.7 Å². The molecule has 0 aliphatic carbocycles. The van der Waals surface area contributed by atoms with E-state index in [0.717, 1.165) is 5.56 Å². The number of fused-ring (bicyclic) bond motifs is 1. The molecule has 1 fully saturated rings. The van der Waals surface area contributed by atoms with E-state index >= 15 is 0 Å². The summed E-state index contributed by atoms with van der Waals surface area (Å²) in [6.45, 7) is 3.60. The van der Waals surface area contributed by atoms with Crippen LogP contribution >= 0.6 is 0 Å². The maximum absolute atomic E-state index is 13.3. The van der Waals surface area contributed by atoms with Gasteiger partial charge in [-0.15, -0.1) is 0 Å². The topological polar surface area (TPSA) is 85.3 Å². The summed E-state index contributed by atoms with van der Waals surface area (Å²) in [7, 11) is 0. The van der Waals surface area contributed by atoms with Crippen molar-refractivity contribution >= 4 is 17.4 Å². The number of benzene rings is 3. The van der Waals surface area contributed by atoms with E-state index in [1.807, 2.05) is 49.4 Å². The molecule has 0 unspecified atom stereocenters. The van der Waals surface area contributed by atoms with Crippen molar-refractivity contribution in [3.8, 4) is 17.2 Å². The lowest BCUT2D eigenvalue weighted by Crippen LogP contribution is -2.31. The molecule has 7 nitrogen and oxygen atoms in total. The molecule has 1 N–H and O–H groups in total. The molecule has 7 heteroatoms. The standard InChI is InChI=1S/C29H27NO6/c1-2-34-22-11-8-20(9-12-22)26-25(27(31)21-10-13-23-24(18-21)36-17-16-35-23)28(32)29(33)30(26)15-14-19-6-4-3-5-7-19/h3-13,18,26,31H,2,14-17H2,1H3/t26-/m1/s1. The normalized spacial score (nSPS) is 18.4. The third-order valence-corrected chi connectivity index (χ3v) is 6.35. The SMILES string of the molecule is CCOc1ccc([C@@H]2C(=C(O)c3ccc4c(c3)OCCO4)C(=O)C(=O)N2CCc2ccccc2)cc1. The van der Waals surface area contributed by atoms with E-state index in [2.05, 4.69) is 0 Å². The molecular weight excluding hydrogens is 458 g/mol. The molecule has 1 saturated heterocycles. The maximum Gasteiger partial charge on any atom is 0.295 e. The average Bonchev–Trinajstić information content (AvgIpc) is 3.17. The molecule has 0 aromatic heterocycles. The number of hydrogen-bond acceptors (Lipinski definition) is 6. The Morgan fingerprint density at radius 3 is 2.42 bits per heavy atom. The van der Waals surface area contributed by atoms with Crippen LogP contribution in [0.2, 0.25) is 0 Å². The number of aliphatic hydroxyl groups excluding tert-OH is 1. The van der Waals surface area contributed by atoms with Gasteiger partial charge >= 0.3 is 0 Å². The molecule has 2 aliphatic rings. The number of nitrogens with zero attached hydrogens (tertiary/aromatic N) is 1. The molecule has 1 amide bonds. The van der Waals surface area contributed by atoms with Crippen LogP contribution in [0.4, 0.5) is 0 Å². The van der Waals surface area contributed by atoms with Crippen LogP contribution in [0.3, 0.4) is 0 Å². The Balaban J connectivity index is 1.56. The van der Waals surface area contributed by atoms with Crippen molar-refractivity contribution in [2.45, 2.75) is 19.4 Å². The highest BCUT2D eigenvalue weighted by atomic mass is 16.6. The van der Waals surface area contributed by atoms with Crippen molar-refractivity contribution in [1.29, 1.82) is 0 Å². The Morgan fingerprint density at radius 1 is 0.972 bits per heavy atom. The fraction of sp³-hybridized carbons (Fsp3) is 0.241. The zero-order chi connectivity index (χ0) is 25.1. The van der Waals surface area contributed by atoms with Crippen LogP contribution in [0.15, 0.2) is 78.4 Å². The Bertz CT molecular complexity index is 1300. The summed E-state index contributed by atoms with van der Waals surface area (Å²) >= 11 is 0. The fourth-order valence-corrected chi connectivity index (χ4v) is 4.61. The smallest absolute Gasteiger partial charge is 0.295 e. The van der Waals surface area contributed by atoms with E-state index in [1.54, 1.807) is 30.3 Å². The largest absolute Gasteiger partial charge is 0.507 e. The number of ether oxygens (including phenoxy) is 3. The summed E-state index contributed by atoms with van der Waals surface area (Å²) < 4.78 is 16.8. The van der Waals surface area contributed by atoms with Gasteiger partial charge in [0.1, 0.15) is 24.7 Å². The summed E-state index contributed by atoms with van der Waals surface area (Å²) in [6, 6.07) is 21.3. The summed E-state index contributed by atoms with van der Waals surface area (Å²) in [5, 5.41) is 11.3. The molecule has 1 atom stereocenters. The van der Waals surface area contributed by atoms with Crippen LogP contribution < -0.4 is 14.2 Å². The molecule has 3 aromatic carbocycles. The fourth-order valence-electron chi connectivity index (χ4n) is 4.61. The van der Waals surface area contributed by atoms with Gasteiger partial charge in [-0.05, 0) is 54.8 Å². The lowest BCUT2D eigenvalue weighted by atomic mass is 9.95. The van der Waals surface area contributed by atoms with Gasteiger partial charge in [0.15, 0.2) is 11.5 Å². The second-order valence-corrected chi connectivity index (χ2v) is 8.59. The van der Waals surface area contributed by atoms with Crippen molar-refractivity contribution in [3.63, 3.8) is 0 Å². The lowest BCUT2D eigenvalue weighted by molar-refractivity contribution is -0.139. The molecular formula is C29H27NO6. The number of amides is 1. The molecule has 184 valence electrons. The Morgan fingerprint density at radius 2 is 1.69 bits per heavy atom. The van der Waals surface area contributed by atoms with E-state index in [0.29, 0.717) is 61.2 Å². The minimum atomic E-state index is -0.738. The summed E-state index contributed by atoms with van der Waals surface area (Å²) in [5.41, 5.74) is 2.20. The zero-order valence-corrected chi connectivity index (χ0v) is 20.0. The number of carbonyl (C=O) groups excluding carboxylic acids is 2. The van der Waals surface area contributed by atoms with Crippen LogP contribution in [-0.2, 0) is 16.0 Å². The first-order valence-electron chi connectivity index (χ1n) is 12.0. The van der Waals surface area contributed by atoms with Gasteiger partial charge in [-0.25, -0.2) is 0 Å². The molecule has 5 rings (SSSR count). The molecule has 2 heterocycles. The summed E-state index contributed by atoms with van der Waals surface area (Å²) in [4.78, 5) is 28.1. The molecule has 0 radical (unpaired) electrons. The highest BCUT2D eigenvalue weighted by Crippen LogP contribution is 2.41. The Labute approximate surface area is 209 Å². The molecule has 0 saturated carbocycles. The van der Waals surface area contributed by atoms with E-state index in [4.69, 9.17) is 14.2 Å². The van der Waals surface area contributed by atoms with Gasteiger partial charge in [0, 0.05) is 12.1 Å². The maximum atomic E-state index is 13.3. The van der Waals surface area contributed by atoms with Gasteiger partial charge in [0.2, 0.25) is 0 Å². The summed E-state index contributed by atoms with van der Waals surface area (Å²) in [5.74, 6) is 0.157. The number of Topliss-reactive ketones (excluding diaryl/α,β-unsaturated/α-hetero) is 1. The molecule has 36 heavy (non-hydrogen) atoms. The molecule has 0 bridgehead atoms.